The van der Waals surface area contributed by atoms with Gasteiger partial charge >= 0.3 is 0 Å². The number of aryl methyl sites for hydroxylation is 1. The largest absolute Gasteiger partial charge is 0.337 e. The summed E-state index contributed by atoms with van der Waals surface area (Å²) in [4.78, 5) is 6.63. The van der Waals surface area contributed by atoms with E-state index in [1.54, 1.807) is 0 Å². The summed E-state index contributed by atoms with van der Waals surface area (Å²) in [6, 6.07) is 1.48. The van der Waals surface area contributed by atoms with Crippen LogP contribution in [-0.2, 0) is 13.6 Å². The van der Waals surface area contributed by atoms with Crippen molar-refractivity contribution in [2.24, 2.45) is 7.05 Å². The molecule has 1 fully saturated rings. The monoisotopic (exact) mass is 179 g/mol. The fraction of sp³-hybridized carbons (Fsp3) is 0.700. The normalized spacial score (nSPS) is 28.8. The van der Waals surface area contributed by atoms with Crippen LogP contribution in [-0.4, -0.2) is 26.5 Å². The number of imidazole rings is 1. The Kier molecular flexibility index (Phi) is 2.12. The second-order valence-electron chi connectivity index (χ2n) is 4.10. The van der Waals surface area contributed by atoms with Crippen LogP contribution in [0.5, 0.6) is 0 Å². The summed E-state index contributed by atoms with van der Waals surface area (Å²) in [6.07, 6.45) is 5.15. The fourth-order valence-corrected chi connectivity index (χ4v) is 2.10. The van der Waals surface area contributed by atoms with Crippen LogP contribution >= 0.6 is 0 Å². The highest BCUT2D eigenvalue weighted by Gasteiger charge is 2.31. The zero-order valence-electron chi connectivity index (χ0n) is 8.57. The lowest BCUT2D eigenvalue weighted by Gasteiger charge is -2.45. The van der Waals surface area contributed by atoms with Crippen LogP contribution in [0.25, 0.3) is 0 Å². The number of hydrogen-bond acceptors (Lipinski definition) is 2. The first-order valence-corrected chi connectivity index (χ1v) is 4.89. The van der Waals surface area contributed by atoms with E-state index in [9.17, 15) is 0 Å². The average Bonchev–Trinajstić information content (AvgIpc) is 2.48. The number of rotatable bonds is 2. The van der Waals surface area contributed by atoms with Gasteiger partial charge in [0.1, 0.15) is 0 Å². The van der Waals surface area contributed by atoms with E-state index < -0.39 is 0 Å². The Bertz CT molecular complexity index is 284. The second kappa shape index (κ2) is 3.14. The van der Waals surface area contributed by atoms with Crippen LogP contribution < -0.4 is 0 Å². The Morgan fingerprint density at radius 2 is 2.15 bits per heavy atom. The van der Waals surface area contributed by atoms with Crippen LogP contribution in [0.4, 0.5) is 0 Å². The van der Waals surface area contributed by atoms with Gasteiger partial charge in [0, 0.05) is 31.9 Å². The van der Waals surface area contributed by atoms with Crippen LogP contribution in [0.2, 0.25) is 0 Å². The van der Waals surface area contributed by atoms with E-state index in [1.165, 1.54) is 12.1 Å². The van der Waals surface area contributed by atoms with Crippen molar-refractivity contribution >= 4 is 0 Å². The summed E-state index contributed by atoms with van der Waals surface area (Å²) in [5.74, 6) is 0. The first kappa shape index (κ1) is 8.75. The molecule has 3 heteroatoms. The molecular weight excluding hydrogens is 162 g/mol. The Labute approximate surface area is 79.4 Å². The van der Waals surface area contributed by atoms with Crippen LogP contribution in [0, 0.1) is 0 Å². The predicted octanol–water partition coefficient (Wildman–Crippen LogP) is 1.40. The van der Waals surface area contributed by atoms with Crippen molar-refractivity contribution in [1.82, 2.24) is 14.5 Å². The van der Waals surface area contributed by atoms with E-state index in [4.69, 9.17) is 0 Å². The molecule has 0 bridgehead atoms. The SMILES string of the molecule is CC1CC(C)N1Cc1cncn1C. The molecule has 1 aromatic rings. The van der Waals surface area contributed by atoms with Crippen molar-refractivity contribution in [2.75, 3.05) is 0 Å². The second-order valence-corrected chi connectivity index (χ2v) is 4.10. The maximum Gasteiger partial charge on any atom is 0.0945 e. The minimum atomic E-state index is 0.741. The molecule has 2 unspecified atom stereocenters. The summed E-state index contributed by atoms with van der Waals surface area (Å²) in [5.41, 5.74) is 1.30. The number of likely N-dealkylation sites (tertiary alicyclic amines) is 1. The van der Waals surface area contributed by atoms with E-state index in [0.29, 0.717) is 0 Å². The van der Waals surface area contributed by atoms with E-state index in [1.807, 2.05) is 12.5 Å². The summed E-state index contributed by atoms with van der Waals surface area (Å²) in [5, 5.41) is 0. The van der Waals surface area contributed by atoms with Crippen LogP contribution in [0.15, 0.2) is 12.5 Å². The van der Waals surface area contributed by atoms with Gasteiger partial charge in [-0.2, -0.15) is 0 Å². The highest BCUT2D eigenvalue weighted by molar-refractivity contribution is 5.00. The predicted molar refractivity (Wildman–Crippen MR) is 52.3 cm³/mol. The van der Waals surface area contributed by atoms with Gasteiger partial charge in [-0.3, -0.25) is 4.90 Å². The lowest BCUT2D eigenvalue weighted by Crippen LogP contribution is -2.52. The molecule has 0 saturated carbocycles. The molecule has 0 amide bonds. The van der Waals surface area contributed by atoms with Gasteiger partial charge in [0.15, 0.2) is 0 Å². The minimum absolute atomic E-state index is 0.741. The van der Waals surface area contributed by atoms with E-state index >= 15 is 0 Å². The van der Waals surface area contributed by atoms with Crippen molar-refractivity contribution in [3.05, 3.63) is 18.2 Å². The smallest absolute Gasteiger partial charge is 0.0945 e. The Hall–Kier alpha value is -0.830. The molecular formula is C10H17N3. The van der Waals surface area contributed by atoms with Crippen LogP contribution in [0.3, 0.4) is 0 Å². The van der Waals surface area contributed by atoms with E-state index in [-0.39, 0.29) is 0 Å². The molecule has 0 aromatic carbocycles. The highest BCUT2D eigenvalue weighted by Crippen LogP contribution is 2.26. The van der Waals surface area contributed by atoms with Crippen molar-refractivity contribution < 1.29 is 0 Å². The molecule has 3 nitrogen and oxygen atoms in total. The van der Waals surface area contributed by atoms with Gasteiger partial charge in [0.05, 0.1) is 12.0 Å². The molecule has 0 aliphatic carbocycles. The third kappa shape index (κ3) is 1.48. The molecule has 1 aliphatic rings. The maximum atomic E-state index is 4.12. The molecule has 2 atom stereocenters. The van der Waals surface area contributed by atoms with Gasteiger partial charge in [-0.05, 0) is 20.3 Å². The number of aromatic nitrogens is 2. The third-order valence-corrected chi connectivity index (χ3v) is 3.08. The molecule has 1 saturated heterocycles. The molecule has 1 aliphatic heterocycles. The summed E-state index contributed by atoms with van der Waals surface area (Å²) < 4.78 is 2.09. The van der Waals surface area contributed by atoms with Crippen molar-refractivity contribution in [2.45, 2.75) is 38.9 Å². The molecule has 0 spiro atoms. The number of nitrogens with zero attached hydrogens (tertiary/aromatic N) is 3. The standard InChI is InChI=1S/C10H17N3/c1-8-4-9(2)13(8)6-10-5-11-7-12(10)3/h5,7-9H,4,6H2,1-3H3. The Morgan fingerprint density at radius 1 is 1.46 bits per heavy atom. The molecule has 1 aromatic heterocycles. The van der Waals surface area contributed by atoms with Crippen molar-refractivity contribution in [3.8, 4) is 0 Å². The van der Waals surface area contributed by atoms with Crippen molar-refractivity contribution in [3.63, 3.8) is 0 Å². The Balaban J connectivity index is 2.02. The molecule has 0 radical (unpaired) electrons. The summed E-state index contributed by atoms with van der Waals surface area (Å²) in [6.45, 7) is 5.62. The molecule has 72 valence electrons. The van der Waals surface area contributed by atoms with Gasteiger partial charge in [0.2, 0.25) is 0 Å². The summed E-state index contributed by atoms with van der Waals surface area (Å²) in [7, 11) is 2.05. The molecule has 2 rings (SSSR count). The van der Waals surface area contributed by atoms with E-state index in [0.717, 1.165) is 18.6 Å². The van der Waals surface area contributed by atoms with Crippen molar-refractivity contribution in [1.29, 1.82) is 0 Å². The highest BCUT2D eigenvalue weighted by atomic mass is 15.2. The van der Waals surface area contributed by atoms with Crippen LogP contribution in [0.1, 0.15) is 26.0 Å². The first-order valence-electron chi connectivity index (χ1n) is 4.89. The van der Waals surface area contributed by atoms with Gasteiger partial charge in [-0.25, -0.2) is 4.98 Å². The van der Waals surface area contributed by atoms with Gasteiger partial charge in [-0.1, -0.05) is 0 Å². The molecule has 0 N–H and O–H groups in total. The quantitative estimate of drug-likeness (QED) is 0.684. The lowest BCUT2D eigenvalue weighted by molar-refractivity contribution is 0.0275. The Morgan fingerprint density at radius 3 is 2.62 bits per heavy atom. The minimum Gasteiger partial charge on any atom is -0.337 e. The fourth-order valence-electron chi connectivity index (χ4n) is 2.10. The topological polar surface area (TPSA) is 21.1 Å². The lowest BCUT2D eigenvalue weighted by atomic mass is 9.95. The zero-order chi connectivity index (χ0) is 9.42. The average molecular weight is 179 g/mol. The third-order valence-electron chi connectivity index (χ3n) is 3.08. The van der Waals surface area contributed by atoms with E-state index in [2.05, 4.69) is 35.3 Å². The zero-order valence-corrected chi connectivity index (χ0v) is 8.57. The molecule has 2 heterocycles. The van der Waals surface area contributed by atoms with Gasteiger partial charge in [-0.15, -0.1) is 0 Å². The first-order chi connectivity index (χ1) is 6.18. The maximum absolute atomic E-state index is 4.12. The molecule has 13 heavy (non-hydrogen) atoms. The summed E-state index contributed by atoms with van der Waals surface area (Å²) >= 11 is 0. The van der Waals surface area contributed by atoms with Gasteiger partial charge in [0.25, 0.3) is 0 Å². The van der Waals surface area contributed by atoms with Gasteiger partial charge < -0.3 is 4.57 Å². The number of hydrogen-bond donors (Lipinski definition) is 0.